The van der Waals surface area contributed by atoms with Gasteiger partial charge in [0.2, 0.25) is 5.91 Å². The summed E-state index contributed by atoms with van der Waals surface area (Å²) in [4.78, 5) is 21.3. The van der Waals surface area contributed by atoms with E-state index >= 15 is 0 Å². The van der Waals surface area contributed by atoms with Gasteiger partial charge in [-0.1, -0.05) is 0 Å². The van der Waals surface area contributed by atoms with Crippen molar-refractivity contribution in [3.63, 3.8) is 0 Å². The Hall–Kier alpha value is -1.22. The summed E-state index contributed by atoms with van der Waals surface area (Å²) in [5, 5.41) is 10.8. The Balaban J connectivity index is 3.15. The summed E-state index contributed by atoms with van der Waals surface area (Å²) in [6.07, 6.45) is 0. The van der Waals surface area contributed by atoms with Crippen molar-refractivity contribution in [1.29, 1.82) is 0 Å². The molecular weight excluding hydrogens is 270 g/mol. The molecule has 0 atom stereocenters. The second-order valence-corrected chi connectivity index (χ2v) is 3.66. The number of hydrogen-bond acceptors (Lipinski definition) is 6. The summed E-state index contributed by atoms with van der Waals surface area (Å²) in [5.41, 5.74) is 0. The third kappa shape index (κ3) is 14.8. The van der Waals surface area contributed by atoms with Gasteiger partial charge >= 0.3 is 5.97 Å². The molecule has 0 aliphatic rings. The average Bonchev–Trinajstić information content (AvgIpc) is 2.40. The predicted molar refractivity (Wildman–Crippen MR) is 69.6 cm³/mol. The molecule has 118 valence electrons. The van der Waals surface area contributed by atoms with E-state index in [1.54, 1.807) is 0 Å². The van der Waals surface area contributed by atoms with Crippen LogP contribution in [0.15, 0.2) is 0 Å². The van der Waals surface area contributed by atoms with Crippen LogP contribution < -0.4 is 5.32 Å². The first-order chi connectivity index (χ1) is 9.66. The summed E-state index contributed by atoms with van der Waals surface area (Å²) in [5.74, 6) is -1.48. The highest BCUT2D eigenvalue weighted by molar-refractivity contribution is 5.77. The van der Waals surface area contributed by atoms with Crippen molar-refractivity contribution < 1.29 is 33.6 Å². The Bertz CT molecular complexity index is 260. The van der Waals surface area contributed by atoms with Crippen molar-refractivity contribution in [2.24, 2.45) is 0 Å². The van der Waals surface area contributed by atoms with Crippen molar-refractivity contribution in [2.45, 2.75) is 6.92 Å². The first-order valence-electron chi connectivity index (χ1n) is 6.46. The van der Waals surface area contributed by atoms with Crippen LogP contribution in [0, 0.1) is 0 Å². The number of aliphatic carboxylic acids is 1. The molecule has 0 radical (unpaired) electrons. The first kappa shape index (κ1) is 18.8. The lowest BCUT2D eigenvalue weighted by atomic mass is 10.6. The normalized spacial score (nSPS) is 10.4. The highest BCUT2D eigenvalue weighted by atomic mass is 16.5. The molecular formula is C12H23NO7. The highest BCUT2D eigenvalue weighted by Gasteiger charge is 2.02. The second-order valence-electron chi connectivity index (χ2n) is 3.66. The molecule has 20 heavy (non-hydrogen) atoms. The third-order valence-electron chi connectivity index (χ3n) is 1.98. The van der Waals surface area contributed by atoms with E-state index in [0.29, 0.717) is 46.2 Å². The minimum atomic E-state index is -1.11. The Kier molecular flexibility index (Phi) is 13.3. The summed E-state index contributed by atoms with van der Waals surface area (Å²) in [7, 11) is 0. The lowest BCUT2D eigenvalue weighted by molar-refractivity contribution is -0.143. The van der Waals surface area contributed by atoms with E-state index in [4.69, 9.17) is 19.3 Å². The van der Waals surface area contributed by atoms with Gasteiger partial charge in [-0.15, -0.1) is 0 Å². The number of nitrogens with one attached hydrogen (secondary N) is 1. The van der Waals surface area contributed by atoms with Crippen LogP contribution in [-0.4, -0.2) is 76.4 Å². The van der Waals surface area contributed by atoms with Crippen molar-refractivity contribution in [1.82, 2.24) is 5.32 Å². The number of carbonyl (C=O) groups excluding carboxylic acids is 1. The molecule has 0 aromatic rings. The van der Waals surface area contributed by atoms with E-state index in [1.165, 1.54) is 0 Å². The molecule has 0 aliphatic carbocycles. The molecule has 0 aromatic heterocycles. The van der Waals surface area contributed by atoms with Crippen molar-refractivity contribution >= 4 is 11.9 Å². The van der Waals surface area contributed by atoms with E-state index < -0.39 is 12.6 Å². The fourth-order valence-corrected chi connectivity index (χ4v) is 1.13. The summed E-state index contributed by atoms with van der Waals surface area (Å²) >= 11 is 0. The minimum Gasteiger partial charge on any atom is -0.480 e. The smallest absolute Gasteiger partial charge is 0.329 e. The number of carbonyl (C=O) groups is 2. The molecule has 2 N–H and O–H groups in total. The number of amides is 1. The average molecular weight is 293 g/mol. The molecule has 0 unspecified atom stereocenters. The minimum absolute atomic E-state index is 0.271. The largest absolute Gasteiger partial charge is 0.480 e. The molecule has 0 fully saturated rings. The van der Waals surface area contributed by atoms with E-state index in [2.05, 4.69) is 10.1 Å². The van der Waals surface area contributed by atoms with Gasteiger partial charge in [0.1, 0.15) is 13.2 Å². The maximum Gasteiger partial charge on any atom is 0.329 e. The lowest BCUT2D eigenvalue weighted by Gasteiger charge is -2.07. The van der Waals surface area contributed by atoms with Crippen LogP contribution in [-0.2, 0) is 28.5 Å². The van der Waals surface area contributed by atoms with E-state index in [9.17, 15) is 9.59 Å². The van der Waals surface area contributed by atoms with Crippen molar-refractivity contribution in [3.05, 3.63) is 0 Å². The van der Waals surface area contributed by atoms with Crippen LogP contribution >= 0.6 is 0 Å². The SMILES string of the molecule is CCOCCOCCOCCNC(=O)COCC(=O)O. The summed E-state index contributed by atoms with van der Waals surface area (Å²) in [6.45, 7) is 4.57. The molecule has 0 aromatic carbocycles. The zero-order chi connectivity index (χ0) is 15.1. The molecule has 0 saturated heterocycles. The Labute approximate surface area is 118 Å². The maximum atomic E-state index is 11.1. The zero-order valence-electron chi connectivity index (χ0n) is 11.8. The number of hydrogen-bond donors (Lipinski definition) is 2. The van der Waals surface area contributed by atoms with Crippen LogP contribution in [0.3, 0.4) is 0 Å². The standard InChI is InChI=1S/C12H23NO7/c1-2-17-5-6-19-8-7-18-4-3-13-11(14)9-20-10-12(15)16/h2-10H2,1H3,(H,13,14)(H,15,16). The number of carboxylic acid groups (broad SMARTS) is 1. The number of ether oxygens (including phenoxy) is 4. The van der Waals surface area contributed by atoms with Gasteiger partial charge in [0.25, 0.3) is 0 Å². The quantitative estimate of drug-likeness (QED) is 0.407. The van der Waals surface area contributed by atoms with Gasteiger partial charge in [0.05, 0.1) is 33.0 Å². The van der Waals surface area contributed by atoms with E-state index in [1.807, 2.05) is 6.92 Å². The van der Waals surface area contributed by atoms with Gasteiger partial charge in [-0.3, -0.25) is 4.79 Å². The summed E-state index contributed by atoms with van der Waals surface area (Å²) in [6, 6.07) is 0. The van der Waals surface area contributed by atoms with Crippen LogP contribution in [0.4, 0.5) is 0 Å². The molecule has 0 aliphatic heterocycles. The molecule has 0 saturated carbocycles. The Morgan fingerprint density at radius 2 is 1.50 bits per heavy atom. The lowest BCUT2D eigenvalue weighted by Crippen LogP contribution is -2.31. The summed E-state index contributed by atoms with van der Waals surface area (Å²) < 4.78 is 20.1. The molecule has 8 heteroatoms. The fraction of sp³-hybridized carbons (Fsp3) is 0.833. The third-order valence-corrected chi connectivity index (χ3v) is 1.98. The fourth-order valence-electron chi connectivity index (χ4n) is 1.13. The van der Waals surface area contributed by atoms with Gasteiger partial charge in [-0.25, -0.2) is 4.79 Å². The second kappa shape index (κ2) is 14.2. The topological polar surface area (TPSA) is 103 Å². The van der Waals surface area contributed by atoms with E-state index in [0.717, 1.165) is 0 Å². The Morgan fingerprint density at radius 3 is 2.10 bits per heavy atom. The predicted octanol–water partition coefficient (Wildman–Crippen LogP) is -0.726. The van der Waals surface area contributed by atoms with Gasteiger partial charge in [-0.2, -0.15) is 0 Å². The molecule has 1 amide bonds. The zero-order valence-corrected chi connectivity index (χ0v) is 11.8. The first-order valence-corrected chi connectivity index (χ1v) is 6.46. The van der Waals surface area contributed by atoms with Crippen LogP contribution in [0.25, 0.3) is 0 Å². The van der Waals surface area contributed by atoms with Crippen LogP contribution in [0.2, 0.25) is 0 Å². The molecule has 0 heterocycles. The molecule has 0 bridgehead atoms. The molecule has 0 spiro atoms. The van der Waals surface area contributed by atoms with Crippen molar-refractivity contribution in [2.75, 3.05) is 59.4 Å². The van der Waals surface area contributed by atoms with Crippen LogP contribution in [0.1, 0.15) is 6.92 Å². The van der Waals surface area contributed by atoms with Crippen LogP contribution in [0.5, 0.6) is 0 Å². The molecule has 8 nitrogen and oxygen atoms in total. The number of carboxylic acids is 1. The maximum absolute atomic E-state index is 11.1. The highest BCUT2D eigenvalue weighted by Crippen LogP contribution is 1.81. The van der Waals surface area contributed by atoms with Gasteiger partial charge < -0.3 is 29.4 Å². The Morgan fingerprint density at radius 1 is 0.900 bits per heavy atom. The molecule has 0 rings (SSSR count). The van der Waals surface area contributed by atoms with Crippen molar-refractivity contribution in [3.8, 4) is 0 Å². The van der Waals surface area contributed by atoms with Gasteiger partial charge in [0.15, 0.2) is 0 Å². The monoisotopic (exact) mass is 293 g/mol. The van der Waals surface area contributed by atoms with Gasteiger partial charge in [0, 0.05) is 13.2 Å². The van der Waals surface area contributed by atoms with E-state index in [-0.39, 0.29) is 12.5 Å². The number of rotatable bonds is 14. The van der Waals surface area contributed by atoms with Gasteiger partial charge in [-0.05, 0) is 6.92 Å².